The summed E-state index contributed by atoms with van der Waals surface area (Å²) < 4.78 is 0. The summed E-state index contributed by atoms with van der Waals surface area (Å²) in [4.78, 5) is 0. The quantitative estimate of drug-likeness (QED) is 0.243. The zero-order chi connectivity index (χ0) is 25.2. The van der Waals surface area contributed by atoms with Crippen molar-refractivity contribution in [2.45, 2.75) is 51.6 Å². The van der Waals surface area contributed by atoms with E-state index in [0.717, 1.165) is 0 Å². The van der Waals surface area contributed by atoms with Gasteiger partial charge in [-0.25, -0.2) is 0 Å². The number of rotatable bonds is 6. The van der Waals surface area contributed by atoms with Gasteiger partial charge in [0.1, 0.15) is 0 Å². The predicted molar refractivity (Wildman–Crippen MR) is 161 cm³/mol. The summed E-state index contributed by atoms with van der Waals surface area (Å²) in [6.07, 6.45) is 0. The first-order valence-electron chi connectivity index (χ1n) is 12.6. The molecule has 0 saturated carbocycles. The molecule has 4 rings (SSSR count). The first kappa shape index (κ1) is 26.2. The van der Waals surface area contributed by atoms with E-state index in [1.165, 1.54) is 0 Å². The molecule has 0 aromatic heterocycles. The van der Waals surface area contributed by atoms with Crippen molar-refractivity contribution in [1.82, 2.24) is 0 Å². The van der Waals surface area contributed by atoms with Crippen molar-refractivity contribution >= 4 is 51.3 Å². The molecule has 0 unspecified atom stereocenters. The molecule has 180 valence electrons. The van der Waals surface area contributed by atoms with Gasteiger partial charge in [0, 0.05) is 0 Å². The second-order valence-corrected chi connectivity index (χ2v) is 36.0. The molecule has 0 amide bonds. The van der Waals surface area contributed by atoms with Crippen molar-refractivity contribution in [2.24, 2.45) is 0 Å². The van der Waals surface area contributed by atoms with Crippen LogP contribution in [0.5, 0.6) is 0 Å². The van der Waals surface area contributed by atoms with Gasteiger partial charge in [0.2, 0.25) is 0 Å². The van der Waals surface area contributed by atoms with E-state index < -0.39 is 30.6 Å². The normalized spacial score (nSPS) is 13.0. The molecule has 0 aliphatic rings. The first-order valence-corrected chi connectivity index (χ1v) is 23.4. The van der Waals surface area contributed by atoms with Crippen LogP contribution in [0.2, 0.25) is 10.1 Å². The summed E-state index contributed by atoms with van der Waals surface area (Å²) in [7, 11) is 0. The number of benzene rings is 4. The van der Waals surface area contributed by atoms with Gasteiger partial charge in [0.25, 0.3) is 0 Å². The molecule has 35 heavy (non-hydrogen) atoms. The second kappa shape index (κ2) is 10.2. The summed E-state index contributed by atoms with van der Waals surface area (Å²) >= 11 is -0.575. The maximum absolute atomic E-state index is 2.53. The Labute approximate surface area is 223 Å². The average Bonchev–Trinajstić information content (AvgIpc) is 2.85. The van der Waals surface area contributed by atoms with Crippen LogP contribution >= 0.6 is 0 Å². The zero-order valence-corrected chi connectivity index (χ0v) is 26.3. The fourth-order valence-corrected chi connectivity index (χ4v) is 62.8. The number of hydrogen-bond acceptors (Lipinski definition) is 0. The van der Waals surface area contributed by atoms with Crippen LogP contribution in [0.15, 0.2) is 121 Å². The van der Waals surface area contributed by atoms with Crippen LogP contribution in [0.3, 0.4) is 0 Å². The zero-order valence-electron chi connectivity index (χ0n) is 22.0. The number of hydrogen-bond donors (Lipinski definition) is 0. The maximum atomic E-state index is 2.53. The molecule has 0 nitrogen and oxygen atoms in total. The van der Waals surface area contributed by atoms with Crippen LogP contribution in [0.1, 0.15) is 41.5 Å². The molecule has 0 aliphatic heterocycles. The van der Waals surface area contributed by atoms with Crippen molar-refractivity contribution in [3.63, 3.8) is 0 Å². The van der Waals surface area contributed by atoms with Gasteiger partial charge in [0.05, 0.1) is 0 Å². The molecule has 0 fully saturated rings. The third-order valence-corrected chi connectivity index (χ3v) is 52.7. The summed E-state index contributed by atoms with van der Waals surface area (Å²) in [5.41, 5.74) is -4.34. The monoisotopic (exact) mass is 608 g/mol. The molecule has 4 aromatic carbocycles. The molecule has 0 aliphatic carbocycles. The third-order valence-electron chi connectivity index (χ3n) is 7.14. The van der Waals surface area contributed by atoms with Crippen LogP contribution in [0, 0.1) is 0 Å². The molecule has 0 spiro atoms. The predicted octanol–water partition coefficient (Wildman–Crippen LogP) is 5.81. The molecule has 0 N–H and O–H groups in total. The van der Waals surface area contributed by atoms with Gasteiger partial charge < -0.3 is 0 Å². The molecular formula is C32H38Si2Te. The van der Waals surface area contributed by atoms with Gasteiger partial charge >= 0.3 is 224 Å². The van der Waals surface area contributed by atoms with Crippen molar-refractivity contribution in [3.05, 3.63) is 121 Å². The van der Waals surface area contributed by atoms with Crippen LogP contribution in [-0.2, 0) is 0 Å². The van der Waals surface area contributed by atoms with Crippen molar-refractivity contribution in [3.8, 4) is 0 Å². The van der Waals surface area contributed by atoms with Crippen molar-refractivity contribution < 1.29 is 0 Å². The van der Waals surface area contributed by atoms with Crippen LogP contribution in [0.25, 0.3) is 0 Å². The van der Waals surface area contributed by atoms with Crippen LogP contribution in [-0.4, -0.2) is 30.6 Å². The standard InChI is InChI=1S/C32H38Si2Te/c1-31(2,3)33(27-19-11-7-12-20-27,28-21-13-8-14-22-28)35-34(32(4,5)6,29-23-15-9-16-24-29)30-25-17-10-18-26-30/h7-26H,1-6H3. The SMILES string of the molecule is CC(C)(C)[Si]([Te][Si](c1ccccc1)(c1ccccc1)C(C)(C)C)(c1ccccc1)c1ccccc1. The molecule has 0 heterocycles. The summed E-state index contributed by atoms with van der Waals surface area (Å²) in [6.45, 7) is 15.2. The Bertz CT molecular complexity index is 1030. The molecule has 0 bridgehead atoms. The first-order chi connectivity index (χ1) is 16.6. The molecule has 0 radical (unpaired) electrons. The molecule has 4 aromatic rings. The molecular weight excluding hydrogens is 568 g/mol. The van der Waals surface area contributed by atoms with Crippen molar-refractivity contribution in [2.75, 3.05) is 0 Å². The minimum absolute atomic E-state index is 0.186. The summed E-state index contributed by atoms with van der Waals surface area (Å²) in [6, 6.07) is 46.5. The molecule has 3 heteroatoms. The second-order valence-electron chi connectivity index (χ2n) is 11.4. The Hall–Kier alpha value is -1.90. The summed E-state index contributed by atoms with van der Waals surface area (Å²) in [5.74, 6) is 0. The third kappa shape index (κ3) is 4.77. The summed E-state index contributed by atoms with van der Waals surface area (Å²) in [5, 5.41) is 6.79. The Morgan fingerprint density at radius 3 is 0.743 bits per heavy atom. The average molecular weight is 606 g/mol. The van der Waals surface area contributed by atoms with E-state index in [9.17, 15) is 0 Å². The van der Waals surface area contributed by atoms with Crippen LogP contribution in [0.4, 0.5) is 0 Å². The molecule has 0 saturated heterocycles. The van der Waals surface area contributed by atoms with E-state index in [1.54, 1.807) is 20.7 Å². The van der Waals surface area contributed by atoms with E-state index in [1.807, 2.05) is 0 Å². The van der Waals surface area contributed by atoms with E-state index in [-0.39, 0.29) is 10.1 Å². The van der Waals surface area contributed by atoms with Gasteiger partial charge in [-0.1, -0.05) is 0 Å². The minimum atomic E-state index is -2.17. The fraction of sp³-hybridized carbons (Fsp3) is 0.250. The topological polar surface area (TPSA) is 0 Å². The van der Waals surface area contributed by atoms with E-state index in [2.05, 4.69) is 163 Å². The van der Waals surface area contributed by atoms with Gasteiger partial charge in [-0.3, -0.25) is 0 Å². The van der Waals surface area contributed by atoms with Gasteiger partial charge in [-0.05, 0) is 0 Å². The van der Waals surface area contributed by atoms with Crippen LogP contribution < -0.4 is 20.7 Å². The van der Waals surface area contributed by atoms with Gasteiger partial charge in [0.15, 0.2) is 0 Å². The van der Waals surface area contributed by atoms with Gasteiger partial charge in [-0.2, -0.15) is 0 Å². The Balaban J connectivity index is 2.15. The van der Waals surface area contributed by atoms with E-state index >= 15 is 0 Å². The fourth-order valence-electron chi connectivity index (χ4n) is 5.53. The van der Waals surface area contributed by atoms with E-state index in [4.69, 9.17) is 0 Å². The Morgan fingerprint density at radius 2 is 0.571 bits per heavy atom. The van der Waals surface area contributed by atoms with E-state index in [0.29, 0.717) is 0 Å². The molecule has 0 atom stereocenters. The van der Waals surface area contributed by atoms with Gasteiger partial charge in [-0.15, -0.1) is 0 Å². The Morgan fingerprint density at radius 1 is 0.371 bits per heavy atom. The Kier molecular flexibility index (Phi) is 7.65. The van der Waals surface area contributed by atoms with Crippen molar-refractivity contribution in [1.29, 1.82) is 0 Å².